The van der Waals surface area contributed by atoms with Crippen LogP contribution in [-0.4, -0.2) is 43.1 Å². The molecule has 1 saturated carbocycles. The van der Waals surface area contributed by atoms with E-state index in [4.69, 9.17) is 25.8 Å². The number of carbonyl (C=O) groups excluding carboxylic acids is 2. The fourth-order valence-corrected chi connectivity index (χ4v) is 7.16. The third-order valence-electron chi connectivity index (χ3n) is 9.64. The van der Waals surface area contributed by atoms with Crippen molar-refractivity contribution in [2.45, 2.75) is 59.8 Å². The van der Waals surface area contributed by atoms with E-state index in [1.165, 1.54) is 44.3 Å². The molecule has 6 nitrogen and oxygen atoms in total. The number of benzene rings is 5. The average Bonchev–Trinajstić information content (AvgIpc) is 3.22. The van der Waals surface area contributed by atoms with E-state index in [2.05, 4.69) is 43.0 Å². The van der Waals surface area contributed by atoms with Crippen LogP contribution >= 0.6 is 11.6 Å². The predicted molar refractivity (Wildman–Crippen MR) is 229 cm³/mol. The van der Waals surface area contributed by atoms with Gasteiger partial charge >= 0.3 is 11.9 Å². The lowest BCUT2D eigenvalue weighted by Gasteiger charge is -2.20. The Hall–Kier alpha value is -5.43. The van der Waals surface area contributed by atoms with Crippen LogP contribution in [0.15, 0.2) is 139 Å². The molecule has 0 spiro atoms. The normalized spacial score (nSPS) is 12.9. The molecule has 6 rings (SSSR count). The highest BCUT2D eigenvalue weighted by Gasteiger charge is 2.16. The molecule has 56 heavy (non-hydrogen) atoms. The first-order valence-electron chi connectivity index (χ1n) is 19.5. The number of ether oxygens (including phenoxy) is 3. The van der Waals surface area contributed by atoms with Crippen molar-refractivity contribution in [3.63, 3.8) is 0 Å². The highest BCUT2D eigenvalue weighted by Crippen LogP contribution is 2.37. The molecule has 1 aliphatic rings. The van der Waals surface area contributed by atoms with Crippen molar-refractivity contribution >= 4 is 39.7 Å². The first kappa shape index (κ1) is 41.7. The molecule has 0 atom stereocenters. The standard InChI is InChI=1S/C26H28ClNO.C23H24O4/c1-3-28(4-2)19-20-29-24-17-15-22(16-18-24)25(21-11-7-5-8-12-21)26(27)23-13-9-6-10-14-23;1-16(24)26-21-12-8-19(9-13-21)23(18-6-4-3-5-7-18)20-10-14-22(15-11-20)27-17(2)25/h5-18H,3-4,19-20H2,1-2H3;8-15H,3-7H2,1-2H3/b26-25-;. The number of allylic oxidation sites excluding steroid dienone is 1. The molecule has 0 radical (unpaired) electrons. The Labute approximate surface area is 337 Å². The van der Waals surface area contributed by atoms with Crippen molar-refractivity contribution < 1.29 is 23.8 Å². The number of esters is 2. The van der Waals surface area contributed by atoms with Gasteiger partial charge in [-0.2, -0.15) is 0 Å². The number of rotatable bonds is 13. The first-order chi connectivity index (χ1) is 27.2. The van der Waals surface area contributed by atoms with Crippen LogP contribution in [0.2, 0.25) is 0 Å². The maximum atomic E-state index is 11.1. The van der Waals surface area contributed by atoms with E-state index in [1.54, 1.807) is 0 Å². The summed E-state index contributed by atoms with van der Waals surface area (Å²) in [4.78, 5) is 24.6. The molecule has 0 heterocycles. The van der Waals surface area contributed by atoms with Crippen molar-refractivity contribution in [3.05, 3.63) is 167 Å². The lowest BCUT2D eigenvalue weighted by atomic mass is 9.85. The third-order valence-corrected chi connectivity index (χ3v) is 10.0. The number of carbonyl (C=O) groups is 2. The van der Waals surface area contributed by atoms with Crippen LogP contribution < -0.4 is 14.2 Å². The summed E-state index contributed by atoms with van der Waals surface area (Å²) >= 11 is 6.87. The Kier molecular flexibility index (Phi) is 16.1. The van der Waals surface area contributed by atoms with Gasteiger partial charge < -0.3 is 19.1 Å². The van der Waals surface area contributed by atoms with Gasteiger partial charge in [0.15, 0.2) is 0 Å². The SMILES string of the molecule is CC(=O)Oc1ccc(C(=C2CCCCC2)c2ccc(OC(C)=O)cc2)cc1.CCN(CC)CCOc1ccc(/C(=C(\Cl)c2ccccc2)c2ccccc2)cc1. The van der Waals surface area contributed by atoms with Gasteiger partial charge in [0.25, 0.3) is 0 Å². The number of likely N-dealkylation sites (N-methyl/N-ethyl adjacent to an activating group) is 1. The third kappa shape index (κ3) is 12.3. The van der Waals surface area contributed by atoms with Crippen LogP contribution in [0.25, 0.3) is 16.2 Å². The van der Waals surface area contributed by atoms with E-state index in [-0.39, 0.29) is 11.9 Å². The van der Waals surface area contributed by atoms with Gasteiger partial charge in [-0.25, -0.2) is 0 Å². The summed E-state index contributed by atoms with van der Waals surface area (Å²) in [6.07, 6.45) is 5.86. The van der Waals surface area contributed by atoms with Gasteiger partial charge in [0.1, 0.15) is 23.9 Å². The first-order valence-corrected chi connectivity index (χ1v) is 19.9. The molecule has 290 valence electrons. The van der Waals surface area contributed by atoms with Crippen molar-refractivity contribution in [3.8, 4) is 17.2 Å². The molecule has 0 aromatic heterocycles. The van der Waals surface area contributed by atoms with Crippen molar-refractivity contribution in [2.75, 3.05) is 26.2 Å². The quantitative estimate of drug-likeness (QED) is 0.0675. The zero-order valence-corrected chi connectivity index (χ0v) is 33.7. The summed E-state index contributed by atoms with van der Waals surface area (Å²) in [5.41, 5.74) is 9.06. The molecule has 1 aliphatic carbocycles. The summed E-state index contributed by atoms with van der Waals surface area (Å²) in [6, 6.07) is 43.9. The Morgan fingerprint density at radius 1 is 0.554 bits per heavy atom. The van der Waals surface area contributed by atoms with Gasteiger partial charge in [-0.1, -0.05) is 135 Å². The van der Waals surface area contributed by atoms with Crippen molar-refractivity contribution in [1.29, 1.82) is 0 Å². The Balaban J connectivity index is 0.000000215. The molecule has 7 heteroatoms. The summed E-state index contributed by atoms with van der Waals surface area (Å²) in [6.45, 7) is 10.8. The topological polar surface area (TPSA) is 65.1 Å². The van der Waals surface area contributed by atoms with E-state index >= 15 is 0 Å². The van der Waals surface area contributed by atoms with Gasteiger partial charge in [0, 0.05) is 26.0 Å². The molecular weight excluding hydrogens is 718 g/mol. The minimum absolute atomic E-state index is 0.324. The van der Waals surface area contributed by atoms with E-state index in [1.807, 2.05) is 109 Å². The smallest absolute Gasteiger partial charge is 0.308 e. The molecule has 0 amide bonds. The molecule has 5 aromatic rings. The molecule has 5 aromatic carbocycles. The summed E-state index contributed by atoms with van der Waals surface area (Å²) in [5, 5.41) is 0.743. The van der Waals surface area contributed by atoms with E-state index in [9.17, 15) is 9.59 Å². The Morgan fingerprint density at radius 2 is 0.982 bits per heavy atom. The molecule has 1 fully saturated rings. The summed E-state index contributed by atoms with van der Waals surface area (Å²) < 4.78 is 16.2. The monoisotopic (exact) mass is 769 g/mol. The van der Waals surface area contributed by atoms with Crippen LogP contribution in [0.1, 0.15) is 87.6 Å². The van der Waals surface area contributed by atoms with E-state index in [0.717, 1.165) is 76.6 Å². The van der Waals surface area contributed by atoms with E-state index in [0.29, 0.717) is 18.1 Å². The highest BCUT2D eigenvalue weighted by molar-refractivity contribution is 6.53. The molecular formula is C49H52ClNO5. The van der Waals surface area contributed by atoms with Crippen LogP contribution in [-0.2, 0) is 9.59 Å². The highest BCUT2D eigenvalue weighted by atomic mass is 35.5. The predicted octanol–water partition coefficient (Wildman–Crippen LogP) is 11.9. The zero-order chi connectivity index (χ0) is 39.7. The molecule has 0 N–H and O–H groups in total. The maximum absolute atomic E-state index is 11.1. The lowest BCUT2D eigenvalue weighted by molar-refractivity contribution is -0.132. The molecule has 0 unspecified atom stereocenters. The van der Waals surface area contributed by atoms with Gasteiger partial charge in [-0.3, -0.25) is 9.59 Å². The Bertz CT molecular complexity index is 1980. The maximum Gasteiger partial charge on any atom is 0.308 e. The second-order valence-corrected chi connectivity index (χ2v) is 14.0. The molecule has 0 aliphatic heterocycles. The summed E-state index contributed by atoms with van der Waals surface area (Å²) in [7, 11) is 0. The second-order valence-electron chi connectivity index (χ2n) is 13.6. The lowest BCUT2D eigenvalue weighted by Crippen LogP contribution is -2.27. The van der Waals surface area contributed by atoms with Crippen LogP contribution in [0, 0.1) is 0 Å². The van der Waals surface area contributed by atoms with Crippen LogP contribution in [0.4, 0.5) is 0 Å². The van der Waals surface area contributed by atoms with E-state index < -0.39 is 0 Å². The molecule has 0 bridgehead atoms. The van der Waals surface area contributed by atoms with Gasteiger partial charge in [-0.05, 0) is 109 Å². The van der Waals surface area contributed by atoms with Gasteiger partial charge in [0.2, 0.25) is 0 Å². The minimum Gasteiger partial charge on any atom is -0.492 e. The number of halogens is 1. The van der Waals surface area contributed by atoms with Crippen LogP contribution in [0.3, 0.4) is 0 Å². The second kappa shape index (κ2) is 21.6. The van der Waals surface area contributed by atoms with Crippen molar-refractivity contribution in [1.82, 2.24) is 4.90 Å². The fourth-order valence-electron chi connectivity index (χ4n) is 6.82. The van der Waals surface area contributed by atoms with Gasteiger partial charge in [0.05, 0.1) is 5.03 Å². The van der Waals surface area contributed by atoms with Crippen LogP contribution in [0.5, 0.6) is 17.2 Å². The largest absolute Gasteiger partial charge is 0.492 e. The Morgan fingerprint density at radius 3 is 1.45 bits per heavy atom. The summed E-state index contributed by atoms with van der Waals surface area (Å²) in [5.74, 6) is 1.32. The average molecular weight is 770 g/mol. The fraction of sp³-hybridized carbons (Fsp3) is 0.265. The number of hydrogen-bond donors (Lipinski definition) is 0. The van der Waals surface area contributed by atoms with Gasteiger partial charge in [-0.15, -0.1) is 0 Å². The molecule has 0 saturated heterocycles. The minimum atomic E-state index is -0.324. The number of hydrogen-bond acceptors (Lipinski definition) is 6. The zero-order valence-electron chi connectivity index (χ0n) is 32.9. The van der Waals surface area contributed by atoms with Crippen molar-refractivity contribution in [2.24, 2.45) is 0 Å². The number of nitrogens with zero attached hydrogens (tertiary/aromatic N) is 1.